The predicted molar refractivity (Wildman–Crippen MR) is 65.5 cm³/mol. The Morgan fingerprint density at radius 1 is 0.944 bits per heavy atom. The quantitative estimate of drug-likeness (QED) is 0.823. The van der Waals surface area contributed by atoms with Crippen molar-refractivity contribution in [3.05, 3.63) is 0 Å². The molecule has 0 radical (unpaired) electrons. The summed E-state index contributed by atoms with van der Waals surface area (Å²) in [6.07, 6.45) is 1.48. The van der Waals surface area contributed by atoms with E-state index in [-0.39, 0.29) is 23.9 Å². The number of hydrogen-bond acceptors (Lipinski definition) is 4. The molecule has 4 heterocycles. The van der Waals surface area contributed by atoms with Crippen LogP contribution in [0.4, 0.5) is 0 Å². The van der Waals surface area contributed by atoms with E-state index in [2.05, 4.69) is 6.92 Å². The Kier molecular flexibility index (Phi) is 2.49. The fraction of sp³-hybridized carbons (Fsp3) is 1.00. The summed E-state index contributed by atoms with van der Waals surface area (Å²) < 4.78 is 18.5. The van der Waals surface area contributed by atoms with Gasteiger partial charge >= 0.3 is 0 Å². The molecule has 4 heteroatoms. The fourth-order valence-electron chi connectivity index (χ4n) is 4.16. The second-order valence-corrected chi connectivity index (χ2v) is 6.17. The van der Waals surface area contributed by atoms with Gasteiger partial charge in [0.1, 0.15) is 0 Å². The van der Waals surface area contributed by atoms with Crippen molar-refractivity contribution in [2.24, 2.45) is 17.8 Å². The Hall–Kier alpha value is -0.160. The molecule has 0 aromatic heterocycles. The van der Waals surface area contributed by atoms with Crippen LogP contribution in [0.1, 0.15) is 47.5 Å². The van der Waals surface area contributed by atoms with Crippen LogP contribution in [-0.2, 0) is 14.2 Å². The van der Waals surface area contributed by atoms with Crippen LogP contribution in [-0.4, -0.2) is 28.6 Å². The molecule has 4 saturated heterocycles. The average molecular weight is 256 g/mol. The monoisotopic (exact) mass is 256 g/mol. The Morgan fingerprint density at radius 2 is 1.56 bits per heavy atom. The molecule has 4 aliphatic heterocycles. The molecule has 0 amide bonds. The molecule has 104 valence electrons. The number of hydrogen-bond donors (Lipinski definition) is 1. The number of rotatable bonds is 2. The molecule has 1 N–H and O–H groups in total. The van der Waals surface area contributed by atoms with Crippen LogP contribution in [0.5, 0.6) is 0 Å². The van der Waals surface area contributed by atoms with Crippen molar-refractivity contribution >= 4 is 0 Å². The molecule has 4 fully saturated rings. The molecular formula is C14H24O4. The molecule has 18 heavy (non-hydrogen) atoms. The lowest BCUT2D eigenvalue weighted by Gasteiger charge is -2.70. The highest BCUT2D eigenvalue weighted by molar-refractivity contribution is 5.10. The Balaban J connectivity index is 2.13. The molecule has 0 saturated carbocycles. The summed E-state index contributed by atoms with van der Waals surface area (Å²) in [6, 6.07) is 0. The van der Waals surface area contributed by atoms with Crippen molar-refractivity contribution in [3.8, 4) is 0 Å². The zero-order chi connectivity index (χ0) is 13.3. The molecule has 0 aromatic rings. The smallest absolute Gasteiger partial charge is 0.181 e. The van der Waals surface area contributed by atoms with Gasteiger partial charge < -0.3 is 19.3 Å². The highest BCUT2D eigenvalue weighted by Gasteiger charge is 2.74. The SMILES string of the molecule is CC[C@@]12O[C@@]3(CC)O[C@@H]([C@H]1C)[C@H](C)[C@@](O)(O2)[C@@H]3C. The molecule has 0 aliphatic carbocycles. The van der Waals surface area contributed by atoms with E-state index >= 15 is 0 Å². The Labute approximate surface area is 109 Å². The third kappa shape index (κ3) is 1.16. The largest absolute Gasteiger partial charge is 0.365 e. The summed E-state index contributed by atoms with van der Waals surface area (Å²) in [7, 11) is 0. The summed E-state index contributed by atoms with van der Waals surface area (Å²) in [5.41, 5.74) is 0. The third-order valence-corrected chi connectivity index (χ3v) is 5.61. The maximum Gasteiger partial charge on any atom is 0.181 e. The minimum absolute atomic E-state index is 0.00796. The zero-order valence-electron chi connectivity index (χ0n) is 11.9. The van der Waals surface area contributed by atoms with E-state index in [1.165, 1.54) is 0 Å². The Bertz CT molecular complexity index is 347. The van der Waals surface area contributed by atoms with Crippen LogP contribution in [0.25, 0.3) is 0 Å². The van der Waals surface area contributed by atoms with Crippen molar-refractivity contribution in [1.29, 1.82) is 0 Å². The van der Waals surface area contributed by atoms with Crippen LogP contribution in [0.2, 0.25) is 0 Å². The van der Waals surface area contributed by atoms with Crippen molar-refractivity contribution in [2.45, 2.75) is 70.9 Å². The summed E-state index contributed by atoms with van der Waals surface area (Å²) in [5, 5.41) is 11.0. The van der Waals surface area contributed by atoms with E-state index < -0.39 is 17.4 Å². The van der Waals surface area contributed by atoms with Gasteiger partial charge in [-0.3, -0.25) is 0 Å². The topological polar surface area (TPSA) is 47.9 Å². The van der Waals surface area contributed by atoms with E-state index in [4.69, 9.17) is 14.2 Å². The van der Waals surface area contributed by atoms with Crippen molar-refractivity contribution in [2.75, 3.05) is 0 Å². The lowest BCUT2D eigenvalue weighted by molar-refractivity contribution is -0.585. The van der Waals surface area contributed by atoms with E-state index in [1.807, 2.05) is 27.7 Å². The summed E-state index contributed by atoms with van der Waals surface area (Å²) in [5.74, 6) is -2.55. The molecule has 0 spiro atoms. The summed E-state index contributed by atoms with van der Waals surface area (Å²) in [6.45, 7) is 10.2. The third-order valence-electron chi connectivity index (χ3n) is 5.61. The van der Waals surface area contributed by atoms with Gasteiger partial charge in [0.15, 0.2) is 17.4 Å². The minimum Gasteiger partial charge on any atom is -0.365 e. The molecule has 7 atom stereocenters. The molecule has 4 bridgehead atoms. The first-order chi connectivity index (χ1) is 8.35. The maximum absolute atomic E-state index is 11.0. The first-order valence-corrected chi connectivity index (χ1v) is 7.15. The van der Waals surface area contributed by atoms with Gasteiger partial charge in [0.2, 0.25) is 0 Å². The van der Waals surface area contributed by atoms with E-state index in [0.717, 1.165) is 12.8 Å². The van der Waals surface area contributed by atoms with Gasteiger partial charge in [-0.05, 0) is 12.8 Å². The van der Waals surface area contributed by atoms with Gasteiger partial charge in [-0.1, -0.05) is 34.6 Å². The van der Waals surface area contributed by atoms with Gasteiger partial charge in [-0.15, -0.1) is 0 Å². The lowest BCUT2D eigenvalue weighted by atomic mass is 9.66. The summed E-state index contributed by atoms with van der Waals surface area (Å²) in [4.78, 5) is 0. The van der Waals surface area contributed by atoms with Gasteiger partial charge in [-0.25, -0.2) is 0 Å². The van der Waals surface area contributed by atoms with Crippen LogP contribution in [0, 0.1) is 17.8 Å². The minimum atomic E-state index is -1.13. The van der Waals surface area contributed by atoms with Gasteiger partial charge in [0.25, 0.3) is 0 Å². The normalized spacial score (nSPS) is 62.3. The molecule has 0 aromatic carbocycles. The molecule has 4 aliphatic rings. The highest BCUT2D eigenvalue weighted by atomic mass is 16.9. The molecular weight excluding hydrogens is 232 g/mol. The predicted octanol–water partition coefficient (Wildman–Crippen LogP) is 2.26. The lowest BCUT2D eigenvalue weighted by Crippen LogP contribution is -2.81. The maximum atomic E-state index is 11.0. The van der Waals surface area contributed by atoms with Gasteiger partial charge in [0.05, 0.1) is 12.0 Å². The first-order valence-electron chi connectivity index (χ1n) is 7.15. The Morgan fingerprint density at radius 3 is 2.11 bits per heavy atom. The zero-order valence-corrected chi connectivity index (χ0v) is 11.9. The number of ether oxygens (including phenoxy) is 3. The van der Waals surface area contributed by atoms with E-state index in [9.17, 15) is 5.11 Å². The van der Waals surface area contributed by atoms with Gasteiger partial charge in [0, 0.05) is 11.8 Å². The van der Waals surface area contributed by atoms with Crippen molar-refractivity contribution in [3.63, 3.8) is 0 Å². The average Bonchev–Trinajstić information content (AvgIpc) is 2.37. The van der Waals surface area contributed by atoms with E-state index in [1.54, 1.807) is 0 Å². The van der Waals surface area contributed by atoms with Crippen LogP contribution < -0.4 is 0 Å². The van der Waals surface area contributed by atoms with Crippen molar-refractivity contribution < 1.29 is 19.3 Å². The molecule has 4 nitrogen and oxygen atoms in total. The van der Waals surface area contributed by atoms with Crippen LogP contribution >= 0.6 is 0 Å². The van der Waals surface area contributed by atoms with E-state index in [0.29, 0.717) is 0 Å². The highest BCUT2D eigenvalue weighted by Crippen LogP contribution is 2.62. The second-order valence-electron chi connectivity index (χ2n) is 6.17. The van der Waals surface area contributed by atoms with Crippen LogP contribution in [0.15, 0.2) is 0 Å². The fourth-order valence-corrected chi connectivity index (χ4v) is 4.16. The first kappa shape index (κ1) is 12.9. The molecule has 4 rings (SSSR count). The van der Waals surface area contributed by atoms with Gasteiger partial charge in [-0.2, -0.15) is 0 Å². The second kappa shape index (κ2) is 3.48. The standard InChI is InChI=1S/C14H24O4/c1-6-12-8(3)11-9(4)14(15,18-12)10(5)13(7-2,16-11)17-12/h8-11,15H,6-7H2,1-5H3/t8-,9+,10-,11+,12+,13-,14-/m1/s1. The van der Waals surface area contributed by atoms with Crippen LogP contribution in [0.3, 0.4) is 0 Å². The summed E-state index contributed by atoms with van der Waals surface area (Å²) >= 11 is 0. The molecule has 0 unspecified atom stereocenters. The van der Waals surface area contributed by atoms with Crippen molar-refractivity contribution in [1.82, 2.24) is 0 Å². The number of aliphatic hydroxyl groups is 1.